The van der Waals surface area contributed by atoms with E-state index in [1.54, 1.807) is 0 Å². The van der Waals surface area contributed by atoms with Crippen LogP contribution >= 0.6 is 11.3 Å². The molecule has 0 saturated carbocycles. The number of thiazole rings is 1. The third-order valence-electron chi connectivity index (χ3n) is 3.77. The molecule has 3 rings (SSSR count). The third kappa shape index (κ3) is 2.61. The summed E-state index contributed by atoms with van der Waals surface area (Å²) in [4.78, 5) is 41.6. The molecule has 0 radical (unpaired) electrons. The zero-order chi connectivity index (χ0) is 15.0. The molecular formula is C14H15N3O3S. The van der Waals surface area contributed by atoms with Gasteiger partial charge in [0, 0.05) is 5.38 Å². The molecule has 0 spiro atoms. The highest BCUT2D eigenvalue weighted by molar-refractivity contribution is 7.13. The summed E-state index contributed by atoms with van der Waals surface area (Å²) in [6.45, 7) is 1.60. The van der Waals surface area contributed by atoms with Gasteiger partial charge >= 0.3 is 0 Å². The average Bonchev–Trinajstić information content (AvgIpc) is 2.97. The first-order chi connectivity index (χ1) is 10.1. The fraction of sp³-hybridized carbons (Fsp3) is 0.429. The molecule has 2 atom stereocenters. The predicted molar refractivity (Wildman–Crippen MR) is 77.6 cm³/mol. The number of likely N-dealkylation sites (tertiary alicyclic amines) is 1. The first-order valence-electron chi connectivity index (χ1n) is 6.78. The highest BCUT2D eigenvalue weighted by Gasteiger charge is 2.47. The molecule has 0 bridgehead atoms. The summed E-state index contributed by atoms with van der Waals surface area (Å²) in [5.74, 6) is -1.45. The van der Waals surface area contributed by atoms with E-state index in [-0.39, 0.29) is 30.2 Å². The van der Waals surface area contributed by atoms with Crippen molar-refractivity contribution in [2.24, 2.45) is 11.8 Å². The molecule has 6 nitrogen and oxygen atoms in total. The van der Waals surface area contributed by atoms with Gasteiger partial charge in [-0.2, -0.15) is 0 Å². The maximum absolute atomic E-state index is 12.2. The zero-order valence-corrected chi connectivity index (χ0v) is 12.4. The molecule has 1 saturated heterocycles. The number of carbonyl (C=O) groups is 3. The largest absolute Gasteiger partial charge is 0.300 e. The lowest BCUT2D eigenvalue weighted by Crippen LogP contribution is -2.38. The molecule has 0 aromatic carbocycles. The van der Waals surface area contributed by atoms with E-state index in [4.69, 9.17) is 0 Å². The van der Waals surface area contributed by atoms with E-state index in [1.807, 2.05) is 24.5 Å². The second-order valence-corrected chi connectivity index (χ2v) is 6.12. The Morgan fingerprint density at radius 3 is 2.48 bits per heavy atom. The maximum Gasteiger partial charge on any atom is 0.246 e. The van der Waals surface area contributed by atoms with Gasteiger partial charge in [0.1, 0.15) is 6.54 Å². The second-order valence-electron chi connectivity index (χ2n) is 5.26. The van der Waals surface area contributed by atoms with Crippen LogP contribution in [0.2, 0.25) is 0 Å². The van der Waals surface area contributed by atoms with Gasteiger partial charge in [0.15, 0.2) is 5.13 Å². The summed E-state index contributed by atoms with van der Waals surface area (Å²) in [7, 11) is 0. The molecule has 0 unspecified atom stereocenters. The lowest BCUT2D eigenvalue weighted by Gasteiger charge is -2.14. The lowest BCUT2D eigenvalue weighted by atomic mass is 9.85. The van der Waals surface area contributed by atoms with Crippen LogP contribution in [-0.4, -0.2) is 34.2 Å². The number of hydrogen-bond donors (Lipinski definition) is 1. The van der Waals surface area contributed by atoms with Crippen molar-refractivity contribution >= 4 is 34.2 Å². The minimum atomic E-state index is -0.391. The van der Waals surface area contributed by atoms with Gasteiger partial charge in [0.25, 0.3) is 0 Å². The van der Waals surface area contributed by atoms with Gasteiger partial charge in [-0.25, -0.2) is 4.98 Å². The Labute approximate surface area is 125 Å². The summed E-state index contributed by atoms with van der Waals surface area (Å²) in [5.41, 5.74) is 0.820. The van der Waals surface area contributed by atoms with Crippen LogP contribution in [0.4, 0.5) is 5.13 Å². The Kier molecular flexibility index (Phi) is 3.59. The number of hydrogen-bond acceptors (Lipinski definition) is 5. The van der Waals surface area contributed by atoms with Crippen molar-refractivity contribution in [2.75, 3.05) is 11.9 Å². The number of anilines is 1. The van der Waals surface area contributed by atoms with Crippen LogP contribution in [0.5, 0.6) is 0 Å². The van der Waals surface area contributed by atoms with Crippen molar-refractivity contribution in [1.29, 1.82) is 0 Å². The van der Waals surface area contributed by atoms with Gasteiger partial charge in [-0.15, -0.1) is 11.3 Å². The summed E-state index contributed by atoms with van der Waals surface area (Å²) in [6.07, 6.45) is 5.01. The maximum atomic E-state index is 12.2. The predicted octanol–water partition coefficient (Wildman–Crippen LogP) is 1.34. The van der Waals surface area contributed by atoms with Crippen molar-refractivity contribution in [2.45, 2.75) is 19.8 Å². The Bertz CT molecular complexity index is 611. The van der Waals surface area contributed by atoms with Crippen LogP contribution < -0.4 is 5.32 Å². The fourth-order valence-electron chi connectivity index (χ4n) is 2.74. The number of imide groups is 1. The Morgan fingerprint density at radius 2 is 1.95 bits per heavy atom. The molecule has 110 valence electrons. The molecular weight excluding hydrogens is 290 g/mol. The third-order valence-corrected chi connectivity index (χ3v) is 4.64. The van der Waals surface area contributed by atoms with E-state index < -0.39 is 5.91 Å². The van der Waals surface area contributed by atoms with Crippen molar-refractivity contribution in [3.63, 3.8) is 0 Å². The van der Waals surface area contributed by atoms with Crippen LogP contribution in [0.15, 0.2) is 17.5 Å². The highest BCUT2D eigenvalue weighted by atomic mass is 32.1. The van der Waals surface area contributed by atoms with E-state index in [0.717, 1.165) is 10.6 Å². The van der Waals surface area contributed by atoms with E-state index >= 15 is 0 Å². The highest BCUT2D eigenvalue weighted by Crippen LogP contribution is 2.34. The monoisotopic (exact) mass is 305 g/mol. The lowest BCUT2D eigenvalue weighted by molar-refractivity contribution is -0.142. The molecule has 21 heavy (non-hydrogen) atoms. The summed E-state index contributed by atoms with van der Waals surface area (Å²) in [5, 5.41) is 4.92. The molecule has 1 fully saturated rings. The Hall–Kier alpha value is -2.02. The number of aromatic nitrogens is 1. The van der Waals surface area contributed by atoms with Crippen LogP contribution in [0.3, 0.4) is 0 Å². The smallest absolute Gasteiger partial charge is 0.246 e. The van der Waals surface area contributed by atoms with Crippen LogP contribution in [0, 0.1) is 18.8 Å². The molecule has 1 aromatic rings. The standard InChI is InChI=1S/C14H15N3O3S/c1-8-7-21-14(15-8)16-11(18)6-17-12(19)9-4-2-3-5-10(9)13(17)20/h2-3,7,9-10H,4-6H2,1H3,(H,15,16,18)/t9-,10-/m1/s1. The van der Waals surface area contributed by atoms with Gasteiger partial charge in [0.05, 0.1) is 17.5 Å². The van der Waals surface area contributed by atoms with E-state index in [1.165, 1.54) is 11.3 Å². The van der Waals surface area contributed by atoms with Gasteiger partial charge in [-0.05, 0) is 19.8 Å². The van der Waals surface area contributed by atoms with Crippen LogP contribution in [0.25, 0.3) is 0 Å². The normalized spacial score (nSPS) is 24.3. The summed E-state index contributed by atoms with van der Waals surface area (Å²) in [6, 6.07) is 0. The molecule has 3 amide bonds. The van der Waals surface area contributed by atoms with E-state index in [0.29, 0.717) is 18.0 Å². The molecule has 1 N–H and O–H groups in total. The molecule has 1 aliphatic heterocycles. The molecule has 2 heterocycles. The number of nitrogens with one attached hydrogen (secondary N) is 1. The Balaban J connectivity index is 1.66. The summed E-state index contributed by atoms with van der Waals surface area (Å²) >= 11 is 1.32. The van der Waals surface area contributed by atoms with Crippen LogP contribution in [0.1, 0.15) is 18.5 Å². The van der Waals surface area contributed by atoms with Crippen molar-refractivity contribution in [3.05, 3.63) is 23.2 Å². The Morgan fingerprint density at radius 1 is 1.33 bits per heavy atom. The zero-order valence-electron chi connectivity index (χ0n) is 11.5. The van der Waals surface area contributed by atoms with Crippen molar-refractivity contribution < 1.29 is 14.4 Å². The van der Waals surface area contributed by atoms with E-state index in [9.17, 15) is 14.4 Å². The molecule has 2 aliphatic rings. The number of nitrogens with zero attached hydrogens (tertiary/aromatic N) is 2. The molecule has 1 aromatic heterocycles. The second kappa shape index (κ2) is 5.40. The number of fused-ring (bicyclic) bond motifs is 1. The first-order valence-corrected chi connectivity index (χ1v) is 7.66. The number of allylic oxidation sites excluding steroid dienone is 2. The van der Waals surface area contributed by atoms with Crippen molar-refractivity contribution in [3.8, 4) is 0 Å². The fourth-order valence-corrected chi connectivity index (χ4v) is 3.44. The molecule has 1 aliphatic carbocycles. The minimum Gasteiger partial charge on any atom is -0.300 e. The first kappa shape index (κ1) is 13.9. The minimum absolute atomic E-state index is 0.233. The number of rotatable bonds is 3. The van der Waals surface area contributed by atoms with Gasteiger partial charge in [-0.3, -0.25) is 19.3 Å². The number of aryl methyl sites for hydroxylation is 1. The SMILES string of the molecule is Cc1csc(NC(=O)CN2C(=O)[C@@H]3CC=CC[C@H]3C2=O)n1. The number of amides is 3. The van der Waals surface area contributed by atoms with Gasteiger partial charge < -0.3 is 5.32 Å². The van der Waals surface area contributed by atoms with Crippen molar-refractivity contribution in [1.82, 2.24) is 9.88 Å². The summed E-state index contributed by atoms with van der Waals surface area (Å²) < 4.78 is 0. The topological polar surface area (TPSA) is 79.4 Å². The molecule has 7 heteroatoms. The van der Waals surface area contributed by atoms with Gasteiger partial charge in [-0.1, -0.05) is 12.2 Å². The average molecular weight is 305 g/mol. The number of carbonyl (C=O) groups excluding carboxylic acids is 3. The van der Waals surface area contributed by atoms with Crippen LogP contribution in [-0.2, 0) is 14.4 Å². The van der Waals surface area contributed by atoms with Gasteiger partial charge in [0.2, 0.25) is 17.7 Å². The quantitative estimate of drug-likeness (QED) is 0.675. The van der Waals surface area contributed by atoms with E-state index in [2.05, 4.69) is 10.3 Å².